The number of hydrogen-bond acceptors (Lipinski definition) is 4. The Balaban J connectivity index is 1.62. The monoisotopic (exact) mass is 426 g/mol. The normalized spacial score (nSPS) is 15.3. The van der Waals surface area contributed by atoms with E-state index in [1.54, 1.807) is 0 Å². The van der Waals surface area contributed by atoms with Gasteiger partial charge >= 0.3 is 0 Å². The summed E-state index contributed by atoms with van der Waals surface area (Å²) in [6, 6.07) is 17.5. The van der Waals surface area contributed by atoms with E-state index in [4.69, 9.17) is 11.6 Å². The van der Waals surface area contributed by atoms with E-state index in [0.29, 0.717) is 10.2 Å². The molecule has 1 amide bonds. The molecule has 0 N–H and O–H groups in total. The van der Waals surface area contributed by atoms with Crippen molar-refractivity contribution in [3.8, 4) is 11.4 Å². The van der Waals surface area contributed by atoms with Gasteiger partial charge in [-0.3, -0.25) is 4.79 Å². The fourth-order valence-electron chi connectivity index (χ4n) is 3.54. The molecule has 150 valence electrons. The second kappa shape index (κ2) is 9.01. The number of likely N-dealkylation sites (tertiary alicyclic amines) is 1. The molecule has 0 bridgehead atoms. The standard InChI is InChI=1S/C22H23ClN4OS/c1-26-20(17-10-12-18(23)13-11-17)24-25-22(26)29-19(16-8-4-2-5-9-16)21(28)27-14-6-3-7-15-27/h2,4-5,8-13,19H,3,6-7,14-15H2,1H3/t19-/m1/s1. The van der Waals surface area contributed by atoms with Crippen LogP contribution in [0.4, 0.5) is 0 Å². The molecule has 1 fully saturated rings. The first-order valence-electron chi connectivity index (χ1n) is 9.79. The first kappa shape index (κ1) is 20.0. The second-order valence-corrected chi connectivity index (χ2v) is 8.68. The molecule has 0 spiro atoms. The molecular formula is C22H23ClN4OS. The van der Waals surface area contributed by atoms with Gasteiger partial charge in [0.2, 0.25) is 5.91 Å². The summed E-state index contributed by atoms with van der Waals surface area (Å²) in [6.07, 6.45) is 3.34. The van der Waals surface area contributed by atoms with Gasteiger partial charge in [-0.25, -0.2) is 0 Å². The van der Waals surface area contributed by atoms with Gasteiger partial charge in [0.05, 0.1) is 0 Å². The molecule has 1 aliphatic rings. The number of halogens is 1. The molecule has 4 rings (SSSR count). The van der Waals surface area contributed by atoms with Crippen LogP contribution in [0.1, 0.15) is 30.1 Å². The van der Waals surface area contributed by atoms with E-state index in [-0.39, 0.29) is 11.2 Å². The second-order valence-electron chi connectivity index (χ2n) is 7.17. The zero-order chi connectivity index (χ0) is 20.2. The van der Waals surface area contributed by atoms with Crippen LogP contribution < -0.4 is 0 Å². The average Bonchev–Trinajstić information content (AvgIpc) is 3.13. The number of piperidine rings is 1. The van der Waals surface area contributed by atoms with Crippen LogP contribution in [0, 0.1) is 0 Å². The SMILES string of the molecule is Cn1c(S[C@@H](C(=O)N2CCCCC2)c2ccccc2)nnc1-c1ccc(Cl)cc1. The topological polar surface area (TPSA) is 51.0 Å². The zero-order valence-electron chi connectivity index (χ0n) is 16.3. The summed E-state index contributed by atoms with van der Waals surface area (Å²) in [6.45, 7) is 1.66. The molecule has 0 saturated carbocycles. The van der Waals surface area contributed by atoms with Crippen molar-refractivity contribution in [1.29, 1.82) is 0 Å². The fraction of sp³-hybridized carbons (Fsp3) is 0.318. The first-order chi connectivity index (χ1) is 14.1. The van der Waals surface area contributed by atoms with E-state index in [9.17, 15) is 4.79 Å². The molecule has 1 aromatic heterocycles. The number of thioether (sulfide) groups is 1. The zero-order valence-corrected chi connectivity index (χ0v) is 17.9. The summed E-state index contributed by atoms with van der Waals surface area (Å²) in [5, 5.41) is 9.80. The molecule has 7 heteroatoms. The van der Waals surface area contributed by atoms with Crippen LogP contribution >= 0.6 is 23.4 Å². The largest absolute Gasteiger partial charge is 0.341 e. The summed E-state index contributed by atoms with van der Waals surface area (Å²) in [5.74, 6) is 0.901. The van der Waals surface area contributed by atoms with E-state index in [0.717, 1.165) is 42.9 Å². The summed E-state index contributed by atoms with van der Waals surface area (Å²) < 4.78 is 1.94. The van der Waals surface area contributed by atoms with Gasteiger partial charge in [0, 0.05) is 30.7 Å². The maximum absolute atomic E-state index is 13.4. The van der Waals surface area contributed by atoms with Crippen LogP contribution in [-0.4, -0.2) is 38.7 Å². The summed E-state index contributed by atoms with van der Waals surface area (Å²) in [7, 11) is 1.93. The van der Waals surface area contributed by atoms with Crippen molar-refractivity contribution in [3.05, 3.63) is 65.2 Å². The highest BCUT2D eigenvalue weighted by Crippen LogP contribution is 2.37. The van der Waals surface area contributed by atoms with Crippen molar-refractivity contribution in [2.45, 2.75) is 29.7 Å². The van der Waals surface area contributed by atoms with Gasteiger partial charge in [0.15, 0.2) is 11.0 Å². The molecule has 0 unspecified atom stereocenters. The quantitative estimate of drug-likeness (QED) is 0.540. The molecule has 0 radical (unpaired) electrons. The van der Waals surface area contributed by atoms with Gasteiger partial charge in [0.1, 0.15) is 5.25 Å². The lowest BCUT2D eigenvalue weighted by atomic mass is 10.1. The molecule has 0 aliphatic carbocycles. The number of benzene rings is 2. The Bertz CT molecular complexity index is 968. The molecule has 1 saturated heterocycles. The number of rotatable bonds is 5. The molecular weight excluding hydrogens is 404 g/mol. The van der Waals surface area contributed by atoms with Gasteiger partial charge in [-0.05, 0) is 49.1 Å². The average molecular weight is 427 g/mol. The van der Waals surface area contributed by atoms with Crippen LogP contribution in [0.5, 0.6) is 0 Å². The van der Waals surface area contributed by atoms with E-state index < -0.39 is 0 Å². The minimum Gasteiger partial charge on any atom is -0.341 e. The van der Waals surface area contributed by atoms with Gasteiger partial charge in [0.25, 0.3) is 0 Å². The highest BCUT2D eigenvalue weighted by molar-refractivity contribution is 8.00. The molecule has 2 aromatic carbocycles. The lowest BCUT2D eigenvalue weighted by molar-refractivity contribution is -0.131. The van der Waals surface area contributed by atoms with Crippen molar-refractivity contribution in [3.63, 3.8) is 0 Å². The minimum absolute atomic E-state index is 0.150. The molecule has 29 heavy (non-hydrogen) atoms. The maximum atomic E-state index is 13.4. The van der Waals surface area contributed by atoms with E-state index >= 15 is 0 Å². The third-order valence-electron chi connectivity index (χ3n) is 5.15. The number of carbonyl (C=O) groups excluding carboxylic acids is 1. The van der Waals surface area contributed by atoms with Crippen LogP contribution in [0.2, 0.25) is 5.02 Å². The predicted octanol–water partition coefficient (Wildman–Crippen LogP) is 4.98. The third-order valence-corrected chi connectivity index (χ3v) is 6.68. The van der Waals surface area contributed by atoms with Crippen molar-refractivity contribution in [2.24, 2.45) is 7.05 Å². The number of hydrogen-bond donors (Lipinski definition) is 0. The van der Waals surface area contributed by atoms with Crippen LogP contribution in [-0.2, 0) is 11.8 Å². The summed E-state index contributed by atoms with van der Waals surface area (Å²) in [4.78, 5) is 15.4. The van der Waals surface area contributed by atoms with Gasteiger partial charge in [-0.2, -0.15) is 0 Å². The molecule has 5 nitrogen and oxygen atoms in total. The van der Waals surface area contributed by atoms with Crippen LogP contribution in [0.25, 0.3) is 11.4 Å². The van der Waals surface area contributed by atoms with Crippen LogP contribution in [0.3, 0.4) is 0 Å². The lowest BCUT2D eigenvalue weighted by Gasteiger charge is -2.30. The summed E-state index contributed by atoms with van der Waals surface area (Å²) >= 11 is 7.46. The fourth-order valence-corrected chi connectivity index (χ4v) is 4.75. The van der Waals surface area contributed by atoms with E-state index in [1.807, 2.05) is 71.1 Å². The Morgan fingerprint density at radius 2 is 1.69 bits per heavy atom. The highest BCUT2D eigenvalue weighted by Gasteiger charge is 2.29. The van der Waals surface area contributed by atoms with Gasteiger partial charge < -0.3 is 9.47 Å². The van der Waals surface area contributed by atoms with Crippen molar-refractivity contribution in [1.82, 2.24) is 19.7 Å². The van der Waals surface area contributed by atoms with Crippen molar-refractivity contribution >= 4 is 29.3 Å². The maximum Gasteiger partial charge on any atom is 0.240 e. The van der Waals surface area contributed by atoms with Gasteiger partial charge in [-0.15, -0.1) is 10.2 Å². The molecule has 1 atom stereocenters. The number of amides is 1. The number of carbonyl (C=O) groups is 1. The highest BCUT2D eigenvalue weighted by atomic mass is 35.5. The van der Waals surface area contributed by atoms with Gasteiger partial charge in [-0.1, -0.05) is 53.7 Å². The number of nitrogens with zero attached hydrogens (tertiary/aromatic N) is 4. The Labute approximate surface area is 180 Å². The minimum atomic E-state index is -0.338. The van der Waals surface area contributed by atoms with Crippen LogP contribution in [0.15, 0.2) is 59.8 Å². The van der Waals surface area contributed by atoms with Crippen molar-refractivity contribution < 1.29 is 4.79 Å². The molecule has 2 heterocycles. The lowest BCUT2D eigenvalue weighted by Crippen LogP contribution is -2.38. The Morgan fingerprint density at radius 3 is 2.38 bits per heavy atom. The molecule has 3 aromatic rings. The van der Waals surface area contributed by atoms with E-state index in [1.165, 1.54) is 18.2 Å². The predicted molar refractivity (Wildman–Crippen MR) is 117 cm³/mol. The number of aromatic nitrogens is 3. The Kier molecular flexibility index (Phi) is 6.21. The van der Waals surface area contributed by atoms with Crippen molar-refractivity contribution in [2.75, 3.05) is 13.1 Å². The molecule has 1 aliphatic heterocycles. The Morgan fingerprint density at radius 1 is 1.00 bits per heavy atom. The summed E-state index contributed by atoms with van der Waals surface area (Å²) in [5.41, 5.74) is 1.93. The first-order valence-corrected chi connectivity index (χ1v) is 11.0. The smallest absolute Gasteiger partial charge is 0.240 e. The Hall–Kier alpha value is -2.31. The van der Waals surface area contributed by atoms with E-state index in [2.05, 4.69) is 10.2 Å². The third kappa shape index (κ3) is 4.49.